The number of nitrogens with one attached hydrogen (secondary N) is 1. The first-order chi connectivity index (χ1) is 14.5. The Bertz CT molecular complexity index is 1140. The zero-order chi connectivity index (χ0) is 21.1. The van der Waals surface area contributed by atoms with E-state index in [1.165, 1.54) is 4.90 Å². The molecule has 1 aromatic heterocycles. The number of hydrogen-bond donors (Lipinski definition) is 1. The van der Waals surface area contributed by atoms with Crippen molar-refractivity contribution in [3.63, 3.8) is 0 Å². The predicted molar refractivity (Wildman–Crippen MR) is 118 cm³/mol. The molecule has 2 amide bonds. The lowest BCUT2D eigenvalue weighted by Crippen LogP contribution is -2.39. The van der Waals surface area contributed by atoms with Crippen molar-refractivity contribution in [1.29, 1.82) is 0 Å². The number of nitrogens with zero attached hydrogens (tertiary/aromatic N) is 3. The summed E-state index contributed by atoms with van der Waals surface area (Å²) in [6.07, 6.45) is 1.70. The Morgan fingerprint density at radius 1 is 1.03 bits per heavy atom. The summed E-state index contributed by atoms with van der Waals surface area (Å²) >= 11 is 0. The number of carbonyl (C=O) groups excluding carboxylic acids is 2. The molecule has 2 aromatic carbocycles. The molecule has 6 heteroatoms. The summed E-state index contributed by atoms with van der Waals surface area (Å²) in [7, 11) is 0. The van der Waals surface area contributed by atoms with E-state index in [2.05, 4.69) is 15.3 Å². The minimum absolute atomic E-state index is 0.0944. The zero-order valence-electron chi connectivity index (χ0n) is 16.9. The quantitative estimate of drug-likeness (QED) is 0.716. The first kappa shape index (κ1) is 19.5. The molecule has 150 valence electrons. The van der Waals surface area contributed by atoms with E-state index in [-0.39, 0.29) is 24.8 Å². The molecule has 1 N–H and O–H groups in total. The summed E-state index contributed by atoms with van der Waals surface area (Å²) in [5, 5.41) is 2.91. The number of amides is 2. The third-order valence-electron chi connectivity index (χ3n) is 5.18. The fourth-order valence-electron chi connectivity index (χ4n) is 3.41. The van der Waals surface area contributed by atoms with Gasteiger partial charge in [-0.1, -0.05) is 42.5 Å². The molecule has 3 aromatic rings. The normalized spacial score (nSPS) is 13.3. The van der Waals surface area contributed by atoms with Gasteiger partial charge in [0.05, 0.1) is 12.1 Å². The summed E-state index contributed by atoms with van der Waals surface area (Å²) in [6, 6.07) is 18.9. The molecular formula is C24H22N4O2. The maximum absolute atomic E-state index is 13.1. The maximum atomic E-state index is 13.1. The highest BCUT2D eigenvalue weighted by Gasteiger charge is 2.27. The van der Waals surface area contributed by atoms with Gasteiger partial charge in [-0.3, -0.25) is 14.5 Å². The fraction of sp³-hybridized carbons (Fsp3) is 0.167. The van der Waals surface area contributed by atoms with E-state index in [9.17, 15) is 9.59 Å². The van der Waals surface area contributed by atoms with E-state index in [0.717, 1.165) is 22.4 Å². The molecule has 4 rings (SSSR count). The topological polar surface area (TPSA) is 74.7 Å². The van der Waals surface area contributed by atoms with Gasteiger partial charge in [0.2, 0.25) is 11.8 Å². The first-order valence-corrected chi connectivity index (χ1v) is 9.77. The van der Waals surface area contributed by atoms with Crippen molar-refractivity contribution in [3.8, 4) is 0 Å². The van der Waals surface area contributed by atoms with Crippen molar-refractivity contribution in [3.05, 3.63) is 83.6 Å². The van der Waals surface area contributed by atoms with Gasteiger partial charge in [-0.15, -0.1) is 0 Å². The Morgan fingerprint density at radius 3 is 2.63 bits per heavy atom. The summed E-state index contributed by atoms with van der Waals surface area (Å²) in [6.45, 7) is 3.82. The number of aromatic nitrogens is 1. The van der Waals surface area contributed by atoms with E-state index in [1.807, 2.05) is 62.4 Å². The lowest BCUT2D eigenvalue weighted by Gasteiger charge is -2.21. The second kappa shape index (κ2) is 8.29. The van der Waals surface area contributed by atoms with Gasteiger partial charge in [-0.05, 0) is 48.7 Å². The molecule has 0 bridgehead atoms. The third kappa shape index (κ3) is 3.98. The maximum Gasteiger partial charge on any atom is 0.244 e. The van der Waals surface area contributed by atoms with E-state index >= 15 is 0 Å². The van der Waals surface area contributed by atoms with Crippen LogP contribution in [0.1, 0.15) is 23.1 Å². The highest BCUT2D eigenvalue weighted by atomic mass is 16.2. The van der Waals surface area contributed by atoms with Gasteiger partial charge in [0.25, 0.3) is 0 Å². The van der Waals surface area contributed by atoms with E-state index in [1.54, 1.807) is 18.3 Å². The minimum atomic E-state index is -0.281. The van der Waals surface area contributed by atoms with E-state index in [4.69, 9.17) is 0 Å². The molecule has 0 unspecified atom stereocenters. The molecule has 0 saturated heterocycles. The number of aryl methyl sites for hydroxylation is 1. The second-order valence-corrected chi connectivity index (χ2v) is 7.22. The monoisotopic (exact) mass is 398 g/mol. The van der Waals surface area contributed by atoms with Crippen LogP contribution in [0.2, 0.25) is 0 Å². The van der Waals surface area contributed by atoms with Crippen LogP contribution in [0.5, 0.6) is 0 Å². The lowest BCUT2D eigenvalue weighted by atomic mass is 10.1. The van der Waals surface area contributed by atoms with Crippen LogP contribution in [0.15, 0.2) is 71.9 Å². The molecule has 1 aliphatic heterocycles. The van der Waals surface area contributed by atoms with Gasteiger partial charge in [-0.25, -0.2) is 9.98 Å². The predicted octanol–water partition coefficient (Wildman–Crippen LogP) is 4.19. The van der Waals surface area contributed by atoms with Crippen LogP contribution in [-0.4, -0.2) is 29.1 Å². The molecule has 0 atom stereocenters. The van der Waals surface area contributed by atoms with Gasteiger partial charge in [0.15, 0.2) is 5.82 Å². The first-order valence-electron chi connectivity index (χ1n) is 9.77. The SMILES string of the molecule is Cc1cccc(NC(=O)CN2C(=O)CC(c3ccccc3)=Nc3cccnc32)c1C. The van der Waals surface area contributed by atoms with Gasteiger partial charge in [0.1, 0.15) is 12.2 Å². The smallest absolute Gasteiger partial charge is 0.244 e. The Kier molecular flexibility index (Phi) is 5.39. The van der Waals surface area contributed by atoms with Crippen LogP contribution in [0.3, 0.4) is 0 Å². The zero-order valence-corrected chi connectivity index (χ0v) is 16.9. The second-order valence-electron chi connectivity index (χ2n) is 7.22. The average Bonchev–Trinajstić information content (AvgIpc) is 2.89. The van der Waals surface area contributed by atoms with Crippen molar-refractivity contribution >= 4 is 34.7 Å². The summed E-state index contributed by atoms with van der Waals surface area (Å²) in [5.41, 5.74) is 4.94. The molecular weight excluding hydrogens is 376 g/mol. The number of fused-ring (bicyclic) bond motifs is 1. The number of rotatable bonds is 4. The highest BCUT2D eigenvalue weighted by Crippen LogP contribution is 2.30. The van der Waals surface area contributed by atoms with Crippen molar-refractivity contribution in [2.75, 3.05) is 16.8 Å². The molecule has 0 fully saturated rings. The Hall–Kier alpha value is -3.80. The standard InChI is InChI=1S/C24H22N4O2/c1-16-8-6-11-19(17(16)2)27-22(29)15-28-23(30)14-21(18-9-4-3-5-10-18)26-20-12-7-13-25-24(20)28/h3-13H,14-15H2,1-2H3,(H,27,29). The van der Waals surface area contributed by atoms with Crippen molar-refractivity contribution in [2.45, 2.75) is 20.3 Å². The number of benzene rings is 2. The molecule has 0 radical (unpaired) electrons. The van der Waals surface area contributed by atoms with Crippen molar-refractivity contribution in [2.24, 2.45) is 4.99 Å². The fourth-order valence-corrected chi connectivity index (χ4v) is 3.41. The van der Waals surface area contributed by atoms with Crippen molar-refractivity contribution in [1.82, 2.24) is 4.98 Å². The number of carbonyl (C=O) groups is 2. The Morgan fingerprint density at radius 2 is 1.83 bits per heavy atom. The average molecular weight is 398 g/mol. The van der Waals surface area contributed by atoms with Gasteiger partial charge < -0.3 is 5.32 Å². The van der Waals surface area contributed by atoms with Gasteiger partial charge >= 0.3 is 0 Å². The van der Waals surface area contributed by atoms with Crippen molar-refractivity contribution < 1.29 is 9.59 Å². The van der Waals surface area contributed by atoms with E-state index < -0.39 is 0 Å². The number of hydrogen-bond acceptors (Lipinski definition) is 4. The molecule has 30 heavy (non-hydrogen) atoms. The van der Waals surface area contributed by atoms with Crippen LogP contribution >= 0.6 is 0 Å². The number of pyridine rings is 1. The highest BCUT2D eigenvalue weighted by molar-refractivity contribution is 6.18. The minimum Gasteiger partial charge on any atom is -0.324 e. The Labute approximate surface area is 175 Å². The van der Waals surface area contributed by atoms with E-state index in [0.29, 0.717) is 17.2 Å². The number of aliphatic imine (C=N–C) groups is 1. The molecule has 2 heterocycles. The van der Waals surface area contributed by atoms with Crippen LogP contribution in [0.25, 0.3) is 0 Å². The van der Waals surface area contributed by atoms with Gasteiger partial charge in [0, 0.05) is 11.9 Å². The summed E-state index contributed by atoms with van der Waals surface area (Å²) in [4.78, 5) is 36.3. The molecule has 0 aliphatic carbocycles. The molecule has 0 spiro atoms. The van der Waals surface area contributed by atoms with Crippen LogP contribution in [0.4, 0.5) is 17.2 Å². The van der Waals surface area contributed by atoms with Gasteiger partial charge in [-0.2, -0.15) is 0 Å². The summed E-state index contributed by atoms with van der Waals surface area (Å²) in [5.74, 6) is -0.104. The molecule has 6 nitrogen and oxygen atoms in total. The largest absolute Gasteiger partial charge is 0.324 e. The lowest BCUT2D eigenvalue weighted by molar-refractivity contribution is -0.120. The number of anilines is 2. The van der Waals surface area contributed by atoms with Crippen LogP contribution < -0.4 is 10.2 Å². The van der Waals surface area contributed by atoms with Crippen LogP contribution in [-0.2, 0) is 9.59 Å². The molecule has 1 aliphatic rings. The molecule has 0 saturated carbocycles. The third-order valence-corrected chi connectivity index (χ3v) is 5.18. The Balaban J connectivity index is 1.61. The van der Waals surface area contributed by atoms with Crippen LogP contribution in [0, 0.1) is 13.8 Å². The summed E-state index contributed by atoms with van der Waals surface area (Å²) < 4.78 is 0.